The van der Waals surface area contributed by atoms with Crippen LogP contribution >= 0.6 is 11.6 Å². The lowest BCUT2D eigenvalue weighted by Gasteiger charge is -2.14. The summed E-state index contributed by atoms with van der Waals surface area (Å²) in [6, 6.07) is 0. The number of halogens is 1. The lowest BCUT2D eigenvalue weighted by molar-refractivity contribution is 0.180. The molecule has 1 heterocycles. The molecule has 66 valence electrons. The first-order chi connectivity index (χ1) is 5.36. The normalized spacial score (nSPS) is 27.3. The Hall–Kier alpha value is 0.250. The Morgan fingerprint density at radius 2 is 2.45 bits per heavy atom. The van der Waals surface area contributed by atoms with Crippen molar-refractivity contribution in [3.8, 4) is 0 Å². The highest BCUT2D eigenvalue weighted by Gasteiger charge is 2.18. The highest BCUT2D eigenvalue weighted by atomic mass is 35.5. The van der Waals surface area contributed by atoms with Crippen molar-refractivity contribution in [1.82, 2.24) is 0 Å². The largest absolute Gasteiger partial charge is 0.381 e. The Morgan fingerprint density at radius 3 is 2.91 bits per heavy atom. The first-order valence-electron chi connectivity index (χ1n) is 4.50. The van der Waals surface area contributed by atoms with Crippen LogP contribution in [0.3, 0.4) is 0 Å². The van der Waals surface area contributed by atoms with Crippen molar-refractivity contribution in [1.29, 1.82) is 0 Å². The highest BCUT2D eigenvalue weighted by molar-refractivity contribution is 6.18. The van der Waals surface area contributed by atoms with Crippen LogP contribution in [0.15, 0.2) is 0 Å². The minimum atomic E-state index is 0.711. The predicted octanol–water partition coefficient (Wildman–Crippen LogP) is 2.68. The minimum absolute atomic E-state index is 0.711. The van der Waals surface area contributed by atoms with Gasteiger partial charge in [-0.25, -0.2) is 0 Å². The van der Waals surface area contributed by atoms with Gasteiger partial charge in [-0.3, -0.25) is 0 Å². The Morgan fingerprint density at radius 1 is 1.64 bits per heavy atom. The van der Waals surface area contributed by atoms with Crippen molar-refractivity contribution in [3.63, 3.8) is 0 Å². The van der Waals surface area contributed by atoms with E-state index in [1.807, 2.05) is 0 Å². The van der Waals surface area contributed by atoms with Gasteiger partial charge in [0, 0.05) is 19.1 Å². The zero-order valence-corrected chi connectivity index (χ0v) is 7.94. The molecule has 2 atom stereocenters. The maximum atomic E-state index is 5.81. The van der Waals surface area contributed by atoms with Crippen LogP contribution in [0.1, 0.15) is 26.2 Å². The molecule has 2 heteroatoms. The number of hydrogen-bond donors (Lipinski definition) is 0. The molecule has 0 aromatic carbocycles. The molecule has 0 spiro atoms. The molecule has 1 fully saturated rings. The van der Waals surface area contributed by atoms with Crippen molar-refractivity contribution in [2.75, 3.05) is 19.1 Å². The van der Waals surface area contributed by atoms with Gasteiger partial charge in [-0.15, -0.1) is 11.6 Å². The van der Waals surface area contributed by atoms with Crippen LogP contribution in [0.5, 0.6) is 0 Å². The third kappa shape index (κ3) is 3.00. The molecule has 0 aromatic rings. The molecule has 11 heavy (non-hydrogen) atoms. The summed E-state index contributed by atoms with van der Waals surface area (Å²) in [7, 11) is 0. The van der Waals surface area contributed by atoms with Crippen LogP contribution < -0.4 is 0 Å². The van der Waals surface area contributed by atoms with Crippen LogP contribution in [-0.2, 0) is 4.74 Å². The third-order valence-corrected chi connectivity index (χ3v) is 2.92. The van der Waals surface area contributed by atoms with E-state index in [4.69, 9.17) is 16.3 Å². The summed E-state index contributed by atoms with van der Waals surface area (Å²) in [5, 5.41) is 0. The van der Waals surface area contributed by atoms with Gasteiger partial charge in [-0.1, -0.05) is 13.3 Å². The fourth-order valence-electron chi connectivity index (χ4n) is 1.58. The quantitative estimate of drug-likeness (QED) is 0.599. The smallest absolute Gasteiger partial charge is 0.0495 e. The number of alkyl halides is 1. The van der Waals surface area contributed by atoms with Crippen LogP contribution in [0.4, 0.5) is 0 Å². The average molecular weight is 177 g/mol. The maximum Gasteiger partial charge on any atom is 0.0495 e. The van der Waals surface area contributed by atoms with Gasteiger partial charge < -0.3 is 4.74 Å². The van der Waals surface area contributed by atoms with E-state index in [1.54, 1.807) is 0 Å². The average Bonchev–Trinajstić information content (AvgIpc) is 2.52. The molecule has 0 aromatic heterocycles. The zero-order chi connectivity index (χ0) is 8.10. The van der Waals surface area contributed by atoms with E-state index < -0.39 is 0 Å². The van der Waals surface area contributed by atoms with E-state index >= 15 is 0 Å². The van der Waals surface area contributed by atoms with Crippen molar-refractivity contribution in [2.45, 2.75) is 26.2 Å². The summed E-state index contributed by atoms with van der Waals surface area (Å²) in [5.74, 6) is 2.31. The summed E-state index contributed by atoms with van der Waals surface area (Å²) < 4.78 is 5.30. The van der Waals surface area contributed by atoms with Crippen LogP contribution in [0.25, 0.3) is 0 Å². The summed E-state index contributed by atoms with van der Waals surface area (Å²) in [4.78, 5) is 0. The van der Waals surface area contributed by atoms with Gasteiger partial charge in [-0.05, 0) is 24.7 Å². The molecule has 0 saturated carbocycles. The summed E-state index contributed by atoms with van der Waals surface area (Å²) in [5.41, 5.74) is 0. The van der Waals surface area contributed by atoms with Crippen LogP contribution in [-0.4, -0.2) is 19.1 Å². The third-order valence-electron chi connectivity index (χ3n) is 2.49. The molecule has 1 aliphatic rings. The lowest BCUT2D eigenvalue weighted by atomic mass is 9.93. The van der Waals surface area contributed by atoms with Gasteiger partial charge in [0.1, 0.15) is 0 Å². The highest BCUT2D eigenvalue weighted by Crippen LogP contribution is 2.23. The molecule has 0 radical (unpaired) electrons. The summed E-state index contributed by atoms with van der Waals surface area (Å²) >= 11 is 5.81. The molecule has 0 aliphatic carbocycles. The fourth-order valence-corrected chi connectivity index (χ4v) is 1.92. The second-order valence-electron chi connectivity index (χ2n) is 3.39. The predicted molar refractivity (Wildman–Crippen MR) is 48.0 cm³/mol. The Labute approximate surface area is 74.1 Å². The van der Waals surface area contributed by atoms with Gasteiger partial charge in [0.2, 0.25) is 0 Å². The molecular formula is C9H17ClO. The SMILES string of the molecule is CCC(CCl)CC1CCOC1. The van der Waals surface area contributed by atoms with E-state index in [1.165, 1.54) is 19.3 Å². The topological polar surface area (TPSA) is 9.23 Å². The van der Waals surface area contributed by atoms with Gasteiger partial charge in [-0.2, -0.15) is 0 Å². The molecule has 0 bridgehead atoms. The molecule has 1 saturated heterocycles. The Balaban J connectivity index is 2.16. The van der Waals surface area contributed by atoms with Gasteiger partial charge in [0.25, 0.3) is 0 Å². The van der Waals surface area contributed by atoms with Crippen LogP contribution in [0.2, 0.25) is 0 Å². The van der Waals surface area contributed by atoms with E-state index in [2.05, 4.69) is 6.92 Å². The Kier molecular flexibility index (Phi) is 4.24. The molecule has 1 nitrogen and oxygen atoms in total. The molecular weight excluding hydrogens is 160 g/mol. The number of ether oxygens (including phenoxy) is 1. The van der Waals surface area contributed by atoms with Gasteiger partial charge in [0.05, 0.1) is 0 Å². The second kappa shape index (κ2) is 5.00. The van der Waals surface area contributed by atoms with E-state index in [9.17, 15) is 0 Å². The Bertz CT molecular complexity index is 95.7. The molecule has 1 rings (SSSR count). The monoisotopic (exact) mass is 176 g/mol. The van der Waals surface area contributed by atoms with Crippen LogP contribution in [0, 0.1) is 11.8 Å². The first kappa shape index (κ1) is 9.34. The molecule has 0 amide bonds. The van der Waals surface area contributed by atoms with Gasteiger partial charge >= 0.3 is 0 Å². The first-order valence-corrected chi connectivity index (χ1v) is 5.04. The fraction of sp³-hybridized carbons (Fsp3) is 1.00. The maximum absolute atomic E-state index is 5.81. The minimum Gasteiger partial charge on any atom is -0.381 e. The number of hydrogen-bond acceptors (Lipinski definition) is 1. The summed E-state index contributed by atoms with van der Waals surface area (Å²) in [6.07, 6.45) is 3.72. The lowest BCUT2D eigenvalue weighted by Crippen LogP contribution is -2.09. The number of rotatable bonds is 4. The van der Waals surface area contributed by atoms with Crippen molar-refractivity contribution in [2.24, 2.45) is 11.8 Å². The standard InChI is InChI=1S/C9H17ClO/c1-2-8(6-10)5-9-3-4-11-7-9/h8-9H,2-7H2,1H3. The molecule has 2 unspecified atom stereocenters. The van der Waals surface area contributed by atoms with E-state index in [0.717, 1.165) is 25.0 Å². The van der Waals surface area contributed by atoms with Crippen molar-refractivity contribution >= 4 is 11.6 Å². The zero-order valence-electron chi connectivity index (χ0n) is 7.18. The summed E-state index contributed by atoms with van der Waals surface area (Å²) in [6.45, 7) is 4.14. The van der Waals surface area contributed by atoms with Crippen molar-refractivity contribution < 1.29 is 4.74 Å². The molecule has 1 aliphatic heterocycles. The van der Waals surface area contributed by atoms with E-state index in [0.29, 0.717) is 5.92 Å². The van der Waals surface area contributed by atoms with E-state index in [-0.39, 0.29) is 0 Å². The van der Waals surface area contributed by atoms with Gasteiger partial charge in [0.15, 0.2) is 0 Å². The van der Waals surface area contributed by atoms with Crippen molar-refractivity contribution in [3.05, 3.63) is 0 Å². The second-order valence-corrected chi connectivity index (χ2v) is 3.70. The molecule has 0 N–H and O–H groups in total.